The van der Waals surface area contributed by atoms with Crippen LogP contribution in [0.2, 0.25) is 0 Å². The fourth-order valence-corrected chi connectivity index (χ4v) is 4.17. The molecule has 0 amide bonds. The van der Waals surface area contributed by atoms with Gasteiger partial charge in [-0.25, -0.2) is 4.68 Å². The number of benzene rings is 2. The lowest BCUT2D eigenvalue weighted by Crippen LogP contribution is -2.39. The molecule has 3 heterocycles. The van der Waals surface area contributed by atoms with E-state index in [0.717, 1.165) is 42.2 Å². The summed E-state index contributed by atoms with van der Waals surface area (Å²) in [5.41, 5.74) is 1.86. The van der Waals surface area contributed by atoms with Gasteiger partial charge in [-0.1, -0.05) is 18.2 Å². The van der Waals surface area contributed by atoms with Crippen molar-refractivity contribution < 1.29 is 14.6 Å². The van der Waals surface area contributed by atoms with Gasteiger partial charge in [-0.05, 0) is 55.4 Å². The molecule has 0 saturated carbocycles. The van der Waals surface area contributed by atoms with E-state index in [1.807, 2.05) is 57.8 Å². The monoisotopic (exact) mass is 410 g/mol. The van der Waals surface area contributed by atoms with Gasteiger partial charge in [0, 0.05) is 24.3 Å². The number of aromatic nitrogens is 3. The van der Waals surface area contributed by atoms with Crippen LogP contribution in [0, 0.1) is 4.77 Å². The normalized spacial score (nSPS) is 18.9. The Morgan fingerprint density at radius 2 is 1.93 bits per heavy atom. The third-order valence-corrected chi connectivity index (χ3v) is 5.69. The van der Waals surface area contributed by atoms with E-state index >= 15 is 0 Å². The van der Waals surface area contributed by atoms with Crippen LogP contribution in [0.25, 0.3) is 17.1 Å². The van der Waals surface area contributed by atoms with E-state index in [1.54, 1.807) is 0 Å². The molecule has 150 valence electrons. The number of likely N-dealkylation sites (tertiary alicyclic amines) is 1. The first-order valence-electron chi connectivity index (χ1n) is 9.75. The number of nitrogens with zero attached hydrogens (tertiary/aromatic N) is 4. The van der Waals surface area contributed by atoms with Crippen LogP contribution in [0.3, 0.4) is 0 Å². The number of aliphatic hydroxyl groups excluding tert-OH is 1. The van der Waals surface area contributed by atoms with E-state index < -0.39 is 0 Å². The minimum atomic E-state index is -0.289. The average Bonchev–Trinajstić information content (AvgIpc) is 3.33. The van der Waals surface area contributed by atoms with Crippen LogP contribution < -0.4 is 9.47 Å². The van der Waals surface area contributed by atoms with Gasteiger partial charge in [-0.15, -0.1) is 5.10 Å². The summed E-state index contributed by atoms with van der Waals surface area (Å²) in [6.45, 7) is 2.35. The SMILES string of the molecule is O[C@@H]1CCCN(Cn2nc(-c3ccc4c(c3)OCO4)n(-c3ccccc3)c2=S)C1. The third-order valence-electron chi connectivity index (χ3n) is 5.30. The molecule has 3 aromatic rings. The molecule has 2 aliphatic heterocycles. The van der Waals surface area contributed by atoms with Crippen LogP contribution in [-0.2, 0) is 6.67 Å². The second-order valence-electron chi connectivity index (χ2n) is 7.36. The lowest BCUT2D eigenvalue weighted by molar-refractivity contribution is 0.0513. The minimum Gasteiger partial charge on any atom is -0.454 e. The van der Waals surface area contributed by atoms with Crippen LogP contribution in [-0.4, -0.2) is 50.3 Å². The molecule has 0 bridgehead atoms. The molecule has 0 aliphatic carbocycles. The second-order valence-corrected chi connectivity index (χ2v) is 7.72. The minimum absolute atomic E-state index is 0.232. The highest BCUT2D eigenvalue weighted by molar-refractivity contribution is 7.71. The van der Waals surface area contributed by atoms with Crippen molar-refractivity contribution in [3.05, 3.63) is 53.3 Å². The molecular formula is C21H22N4O3S. The standard InChI is InChI=1S/C21H22N4O3S/c26-17-7-4-10-23(12-17)13-24-21(29)25(16-5-2-1-3-6-16)20(22-24)15-8-9-18-19(11-15)28-14-27-18/h1-3,5-6,8-9,11,17,26H,4,7,10,12-14H2/t17-/m1/s1. The maximum absolute atomic E-state index is 10.0. The van der Waals surface area contributed by atoms with E-state index in [-0.39, 0.29) is 12.9 Å². The van der Waals surface area contributed by atoms with Gasteiger partial charge >= 0.3 is 0 Å². The summed E-state index contributed by atoms with van der Waals surface area (Å²) >= 11 is 5.81. The van der Waals surface area contributed by atoms with Crippen LogP contribution in [0.4, 0.5) is 0 Å². The van der Waals surface area contributed by atoms with Gasteiger partial charge in [-0.2, -0.15) is 0 Å². The number of hydrogen-bond acceptors (Lipinski definition) is 6. The van der Waals surface area contributed by atoms with Gasteiger partial charge in [0.1, 0.15) is 0 Å². The first kappa shape index (κ1) is 18.4. The Morgan fingerprint density at radius 3 is 2.76 bits per heavy atom. The van der Waals surface area contributed by atoms with Crippen molar-refractivity contribution in [2.75, 3.05) is 19.9 Å². The number of hydrogen-bond donors (Lipinski definition) is 1. The number of para-hydroxylation sites is 1. The number of aliphatic hydroxyl groups is 1. The fraction of sp³-hybridized carbons (Fsp3) is 0.333. The molecule has 29 heavy (non-hydrogen) atoms. The summed E-state index contributed by atoms with van der Waals surface area (Å²) in [7, 11) is 0. The summed E-state index contributed by atoms with van der Waals surface area (Å²) in [4.78, 5) is 2.19. The highest BCUT2D eigenvalue weighted by Gasteiger charge is 2.22. The Kier molecular flexibility index (Phi) is 4.83. The molecule has 2 aliphatic rings. The van der Waals surface area contributed by atoms with Crippen molar-refractivity contribution in [2.24, 2.45) is 0 Å². The maximum atomic E-state index is 10.0. The number of rotatable bonds is 4. The zero-order valence-corrected chi connectivity index (χ0v) is 16.7. The highest BCUT2D eigenvalue weighted by Crippen LogP contribution is 2.36. The molecule has 1 aromatic heterocycles. The molecular weight excluding hydrogens is 388 g/mol. The molecule has 1 fully saturated rings. The molecule has 1 atom stereocenters. The van der Waals surface area contributed by atoms with E-state index in [2.05, 4.69) is 4.90 Å². The largest absolute Gasteiger partial charge is 0.454 e. The third kappa shape index (κ3) is 3.55. The Balaban J connectivity index is 1.58. The Labute approximate surface area is 173 Å². The molecule has 7 nitrogen and oxygen atoms in total. The van der Waals surface area contributed by atoms with Crippen LogP contribution in [0.1, 0.15) is 12.8 Å². The van der Waals surface area contributed by atoms with E-state index in [4.69, 9.17) is 26.8 Å². The topological polar surface area (TPSA) is 64.7 Å². The van der Waals surface area contributed by atoms with Crippen molar-refractivity contribution in [1.29, 1.82) is 0 Å². The second kappa shape index (κ2) is 7.62. The predicted octanol–water partition coefficient (Wildman–Crippen LogP) is 3.21. The van der Waals surface area contributed by atoms with E-state index in [9.17, 15) is 5.11 Å². The number of piperidine rings is 1. The Morgan fingerprint density at radius 1 is 1.10 bits per heavy atom. The zero-order valence-electron chi connectivity index (χ0n) is 15.9. The zero-order chi connectivity index (χ0) is 19.8. The Bertz CT molecular complexity index is 1080. The number of β-amino-alcohol motifs (C(OH)–C–C–N with tert-alkyl or cyclic N) is 1. The highest BCUT2D eigenvalue weighted by atomic mass is 32.1. The molecule has 5 rings (SSSR count). The molecule has 8 heteroatoms. The van der Waals surface area contributed by atoms with E-state index in [0.29, 0.717) is 23.7 Å². The van der Waals surface area contributed by atoms with Crippen molar-refractivity contribution in [1.82, 2.24) is 19.2 Å². The summed E-state index contributed by atoms with van der Waals surface area (Å²) in [6, 6.07) is 15.8. The quantitative estimate of drug-likeness (QED) is 0.667. The number of fused-ring (bicyclic) bond motifs is 1. The van der Waals surface area contributed by atoms with Gasteiger partial charge in [0.2, 0.25) is 11.6 Å². The lowest BCUT2D eigenvalue weighted by atomic mass is 10.1. The molecule has 2 aromatic carbocycles. The van der Waals surface area contributed by atoms with Gasteiger partial charge in [0.25, 0.3) is 0 Å². The van der Waals surface area contributed by atoms with Gasteiger partial charge < -0.3 is 14.6 Å². The summed E-state index contributed by atoms with van der Waals surface area (Å²) in [5.74, 6) is 2.19. The predicted molar refractivity (Wildman–Crippen MR) is 111 cm³/mol. The van der Waals surface area contributed by atoms with Gasteiger partial charge in [0.05, 0.1) is 12.8 Å². The molecule has 0 spiro atoms. The van der Waals surface area contributed by atoms with Gasteiger partial charge in [-0.3, -0.25) is 9.47 Å². The van der Waals surface area contributed by atoms with Gasteiger partial charge in [0.15, 0.2) is 17.3 Å². The van der Waals surface area contributed by atoms with Crippen molar-refractivity contribution in [2.45, 2.75) is 25.6 Å². The first-order valence-corrected chi connectivity index (χ1v) is 10.2. The molecule has 0 unspecified atom stereocenters. The number of ether oxygens (including phenoxy) is 2. The van der Waals surface area contributed by atoms with Crippen molar-refractivity contribution >= 4 is 12.2 Å². The lowest BCUT2D eigenvalue weighted by Gasteiger charge is -2.29. The van der Waals surface area contributed by atoms with Crippen LogP contribution >= 0.6 is 12.2 Å². The van der Waals surface area contributed by atoms with E-state index in [1.165, 1.54) is 0 Å². The summed E-state index contributed by atoms with van der Waals surface area (Å²) in [6.07, 6.45) is 1.54. The van der Waals surface area contributed by atoms with Crippen molar-refractivity contribution in [3.63, 3.8) is 0 Å². The smallest absolute Gasteiger partial charge is 0.231 e. The van der Waals surface area contributed by atoms with Crippen LogP contribution in [0.5, 0.6) is 11.5 Å². The average molecular weight is 410 g/mol. The van der Waals surface area contributed by atoms with Crippen molar-refractivity contribution in [3.8, 4) is 28.6 Å². The van der Waals surface area contributed by atoms with Crippen LogP contribution in [0.15, 0.2) is 48.5 Å². The molecule has 1 saturated heterocycles. The summed E-state index contributed by atoms with van der Waals surface area (Å²) in [5, 5.41) is 14.9. The first-order chi connectivity index (χ1) is 14.2. The maximum Gasteiger partial charge on any atom is 0.231 e. The Hall–Kier alpha value is -2.68. The molecule has 0 radical (unpaired) electrons. The summed E-state index contributed by atoms with van der Waals surface area (Å²) < 4.78 is 15.4. The molecule has 1 N–H and O–H groups in total. The fourth-order valence-electron chi connectivity index (χ4n) is 3.88.